The van der Waals surface area contributed by atoms with E-state index in [0.29, 0.717) is 49.5 Å². The lowest BCUT2D eigenvalue weighted by Gasteiger charge is -2.26. The van der Waals surface area contributed by atoms with Crippen LogP contribution in [0, 0.1) is 6.92 Å². The monoisotopic (exact) mass is 333 g/mol. The predicted molar refractivity (Wildman–Crippen MR) is 82.7 cm³/mol. The van der Waals surface area contributed by atoms with Crippen molar-refractivity contribution in [3.05, 3.63) is 36.0 Å². The maximum absolute atomic E-state index is 12.1. The zero-order chi connectivity index (χ0) is 16.8. The van der Waals surface area contributed by atoms with Gasteiger partial charge in [-0.15, -0.1) is 0 Å². The molecule has 2 aromatic rings. The molecule has 0 N–H and O–H groups in total. The van der Waals surface area contributed by atoms with Crippen molar-refractivity contribution in [1.29, 1.82) is 0 Å². The van der Waals surface area contributed by atoms with Gasteiger partial charge in [-0.05, 0) is 19.1 Å². The molecule has 1 aromatic carbocycles. The second kappa shape index (κ2) is 7.78. The first-order valence-electron chi connectivity index (χ1n) is 7.72. The molecule has 1 aliphatic heterocycles. The summed E-state index contributed by atoms with van der Waals surface area (Å²) in [5.74, 6) is 1.88. The van der Waals surface area contributed by atoms with Crippen LogP contribution in [0.1, 0.15) is 11.7 Å². The first kappa shape index (κ1) is 16.3. The van der Waals surface area contributed by atoms with Gasteiger partial charge in [-0.1, -0.05) is 17.3 Å². The fourth-order valence-electron chi connectivity index (χ4n) is 2.27. The minimum atomic E-state index is -0.0689. The lowest BCUT2D eigenvalue weighted by atomic mass is 10.3. The molecule has 0 radical (unpaired) electrons. The third-order valence-corrected chi connectivity index (χ3v) is 3.48. The van der Waals surface area contributed by atoms with Crippen molar-refractivity contribution in [2.45, 2.75) is 13.5 Å². The van der Waals surface area contributed by atoms with Crippen LogP contribution in [-0.2, 0) is 16.1 Å². The summed E-state index contributed by atoms with van der Waals surface area (Å²) >= 11 is 0. The van der Waals surface area contributed by atoms with Crippen LogP contribution in [0.15, 0.2) is 28.8 Å². The molecule has 2 heterocycles. The molecule has 8 nitrogen and oxygen atoms in total. The molecule has 0 atom stereocenters. The molecule has 0 spiro atoms. The van der Waals surface area contributed by atoms with Crippen molar-refractivity contribution < 1.29 is 23.5 Å². The molecule has 3 rings (SSSR count). The molecule has 128 valence electrons. The van der Waals surface area contributed by atoms with Crippen LogP contribution in [0.3, 0.4) is 0 Å². The van der Waals surface area contributed by atoms with E-state index in [9.17, 15) is 4.79 Å². The Hall–Kier alpha value is -2.61. The minimum absolute atomic E-state index is 0.0416. The highest BCUT2D eigenvalue weighted by molar-refractivity contribution is 5.78. The number of benzene rings is 1. The number of ether oxygens (including phenoxy) is 3. The van der Waals surface area contributed by atoms with E-state index < -0.39 is 0 Å². The van der Waals surface area contributed by atoms with Gasteiger partial charge in [0.1, 0.15) is 0 Å². The van der Waals surface area contributed by atoms with E-state index in [0.717, 1.165) is 0 Å². The van der Waals surface area contributed by atoms with E-state index in [2.05, 4.69) is 10.1 Å². The van der Waals surface area contributed by atoms with Gasteiger partial charge in [0.05, 0.1) is 13.2 Å². The Labute approximate surface area is 139 Å². The first-order valence-corrected chi connectivity index (χ1v) is 7.72. The highest BCUT2D eigenvalue weighted by atomic mass is 16.5. The number of aryl methyl sites for hydroxylation is 1. The number of para-hydroxylation sites is 2. The van der Waals surface area contributed by atoms with Gasteiger partial charge in [-0.3, -0.25) is 4.79 Å². The number of hydrogen-bond donors (Lipinski definition) is 0. The van der Waals surface area contributed by atoms with E-state index in [1.54, 1.807) is 24.0 Å². The van der Waals surface area contributed by atoms with Crippen molar-refractivity contribution in [3.63, 3.8) is 0 Å². The summed E-state index contributed by atoms with van der Waals surface area (Å²) in [6, 6.07) is 7.15. The summed E-state index contributed by atoms with van der Waals surface area (Å²) in [7, 11) is 0. The van der Waals surface area contributed by atoms with Crippen LogP contribution in [0.5, 0.6) is 11.5 Å². The van der Waals surface area contributed by atoms with Crippen LogP contribution >= 0.6 is 0 Å². The molecule has 0 saturated carbocycles. The molecule has 1 fully saturated rings. The van der Waals surface area contributed by atoms with Crippen molar-refractivity contribution in [2.24, 2.45) is 0 Å². The van der Waals surface area contributed by atoms with Gasteiger partial charge in [-0.25, -0.2) is 0 Å². The number of carbonyl (C=O) groups is 1. The van der Waals surface area contributed by atoms with Crippen molar-refractivity contribution in [2.75, 3.05) is 32.9 Å². The summed E-state index contributed by atoms with van der Waals surface area (Å²) in [6.07, 6.45) is 0. The molecule has 1 aliphatic rings. The van der Waals surface area contributed by atoms with E-state index in [-0.39, 0.29) is 19.1 Å². The van der Waals surface area contributed by atoms with E-state index in [4.69, 9.17) is 18.7 Å². The highest BCUT2D eigenvalue weighted by Crippen LogP contribution is 2.27. The lowest BCUT2D eigenvalue weighted by molar-refractivity contribution is -0.137. The number of hydrogen-bond acceptors (Lipinski definition) is 7. The molecule has 8 heteroatoms. The average molecular weight is 333 g/mol. The molecule has 1 aromatic heterocycles. The Morgan fingerprint density at radius 1 is 1.21 bits per heavy atom. The van der Waals surface area contributed by atoms with Gasteiger partial charge in [0.2, 0.25) is 0 Å². The van der Waals surface area contributed by atoms with Gasteiger partial charge >= 0.3 is 0 Å². The van der Waals surface area contributed by atoms with Crippen LogP contribution < -0.4 is 9.47 Å². The number of amides is 1. The van der Waals surface area contributed by atoms with E-state index in [1.165, 1.54) is 0 Å². The van der Waals surface area contributed by atoms with Crippen LogP contribution in [0.2, 0.25) is 0 Å². The van der Waals surface area contributed by atoms with Crippen molar-refractivity contribution >= 4 is 5.91 Å². The molecule has 0 bridgehead atoms. The Morgan fingerprint density at radius 2 is 1.92 bits per heavy atom. The Bertz CT molecular complexity index is 682. The molecular weight excluding hydrogens is 314 g/mol. The van der Waals surface area contributed by atoms with Gasteiger partial charge in [0.25, 0.3) is 11.8 Å². The predicted octanol–water partition coefficient (Wildman–Crippen LogP) is 1.19. The van der Waals surface area contributed by atoms with Gasteiger partial charge in [-0.2, -0.15) is 4.98 Å². The van der Waals surface area contributed by atoms with Gasteiger partial charge < -0.3 is 23.6 Å². The number of rotatable bonds is 6. The molecule has 1 saturated heterocycles. The maximum Gasteiger partial charge on any atom is 0.264 e. The topological polar surface area (TPSA) is 86.9 Å². The Kier molecular flexibility index (Phi) is 5.27. The number of nitrogens with zero attached hydrogens (tertiary/aromatic N) is 3. The minimum Gasteiger partial charge on any atom is -0.480 e. The van der Waals surface area contributed by atoms with E-state index >= 15 is 0 Å². The fourth-order valence-corrected chi connectivity index (χ4v) is 2.27. The SMILES string of the molecule is Cc1noc(COc2ccccc2OCC(=O)N2CCOCC2)n1. The standard InChI is InChI=1S/C16H19N3O5/c1-12-17-15(24-18-12)10-22-13-4-2-3-5-14(13)23-11-16(20)19-6-8-21-9-7-19/h2-5H,6-11H2,1H3. The van der Waals surface area contributed by atoms with Gasteiger partial charge in [0, 0.05) is 13.1 Å². The average Bonchev–Trinajstić information content (AvgIpc) is 3.04. The maximum atomic E-state index is 12.1. The third-order valence-electron chi connectivity index (χ3n) is 3.48. The zero-order valence-electron chi connectivity index (χ0n) is 13.4. The number of morpholine rings is 1. The largest absolute Gasteiger partial charge is 0.480 e. The smallest absolute Gasteiger partial charge is 0.264 e. The van der Waals surface area contributed by atoms with Gasteiger partial charge in [0.15, 0.2) is 30.5 Å². The summed E-state index contributed by atoms with van der Waals surface area (Å²) in [5, 5.41) is 3.70. The quantitative estimate of drug-likeness (QED) is 0.785. The summed E-state index contributed by atoms with van der Waals surface area (Å²) in [6.45, 7) is 4.15. The lowest BCUT2D eigenvalue weighted by Crippen LogP contribution is -2.43. The Morgan fingerprint density at radius 3 is 2.58 bits per heavy atom. The van der Waals surface area contributed by atoms with Crippen LogP contribution in [-0.4, -0.2) is 53.9 Å². The molecule has 0 unspecified atom stereocenters. The number of aromatic nitrogens is 2. The fraction of sp³-hybridized carbons (Fsp3) is 0.438. The zero-order valence-corrected chi connectivity index (χ0v) is 13.4. The summed E-state index contributed by atoms with van der Waals surface area (Å²) in [5.41, 5.74) is 0. The number of carbonyl (C=O) groups excluding carboxylic acids is 1. The second-order valence-corrected chi connectivity index (χ2v) is 5.25. The van der Waals surface area contributed by atoms with Crippen LogP contribution in [0.4, 0.5) is 0 Å². The molecular formula is C16H19N3O5. The summed E-state index contributed by atoms with van der Waals surface area (Å²) in [4.78, 5) is 17.9. The molecule has 0 aliphatic carbocycles. The van der Waals surface area contributed by atoms with Crippen LogP contribution in [0.25, 0.3) is 0 Å². The van der Waals surface area contributed by atoms with Crippen molar-refractivity contribution in [1.82, 2.24) is 15.0 Å². The molecule has 24 heavy (non-hydrogen) atoms. The third kappa shape index (κ3) is 4.23. The first-order chi connectivity index (χ1) is 11.7. The summed E-state index contributed by atoms with van der Waals surface area (Å²) < 4.78 is 21.5. The van der Waals surface area contributed by atoms with E-state index in [1.807, 2.05) is 12.1 Å². The second-order valence-electron chi connectivity index (χ2n) is 5.25. The normalized spacial score (nSPS) is 14.5. The highest BCUT2D eigenvalue weighted by Gasteiger charge is 2.18. The molecule has 1 amide bonds. The Balaban J connectivity index is 1.56. The van der Waals surface area contributed by atoms with Crippen molar-refractivity contribution in [3.8, 4) is 11.5 Å².